The maximum absolute atomic E-state index is 12.4. The maximum Gasteiger partial charge on any atom is 0.246 e. The summed E-state index contributed by atoms with van der Waals surface area (Å²) in [5, 5.41) is 4.26. The van der Waals surface area contributed by atoms with Gasteiger partial charge >= 0.3 is 0 Å². The third-order valence-corrected chi connectivity index (χ3v) is 6.12. The molecule has 1 fully saturated rings. The molecule has 0 aliphatic carbocycles. The van der Waals surface area contributed by atoms with Gasteiger partial charge in [-0.2, -0.15) is 5.10 Å². The molecule has 0 bridgehead atoms. The summed E-state index contributed by atoms with van der Waals surface area (Å²) in [6.07, 6.45) is 3.22. The number of rotatable bonds is 4. The van der Waals surface area contributed by atoms with Crippen LogP contribution >= 0.6 is 0 Å². The lowest BCUT2D eigenvalue weighted by Gasteiger charge is -2.26. The van der Waals surface area contributed by atoms with Crippen LogP contribution < -0.4 is 0 Å². The summed E-state index contributed by atoms with van der Waals surface area (Å²) in [6.45, 7) is 5.00. The molecule has 0 unspecified atom stereocenters. The molecule has 0 aromatic carbocycles. The Morgan fingerprint density at radius 3 is 2.32 bits per heavy atom. The van der Waals surface area contributed by atoms with Crippen LogP contribution in [0.4, 0.5) is 0 Å². The van der Waals surface area contributed by atoms with E-state index >= 15 is 0 Å². The van der Waals surface area contributed by atoms with E-state index in [1.54, 1.807) is 13.8 Å². The molecule has 2 rings (SSSR count). The highest BCUT2D eigenvalue weighted by molar-refractivity contribution is 7.89. The zero-order valence-electron chi connectivity index (χ0n) is 13.7. The van der Waals surface area contributed by atoms with E-state index < -0.39 is 10.0 Å². The molecule has 1 aromatic rings. The second-order valence-electron chi connectivity index (χ2n) is 5.89. The molecule has 1 amide bonds. The lowest BCUT2D eigenvalue weighted by atomic mass is 10.1. The molecular weight excluding hydrogens is 304 g/mol. The number of sulfonamides is 1. The van der Waals surface area contributed by atoms with Crippen molar-refractivity contribution in [1.29, 1.82) is 0 Å². The number of amides is 1. The summed E-state index contributed by atoms with van der Waals surface area (Å²) in [5.41, 5.74) is 0.939. The summed E-state index contributed by atoms with van der Waals surface area (Å²) >= 11 is 0. The molecule has 0 saturated carbocycles. The quantitative estimate of drug-likeness (QED) is 0.818. The zero-order valence-corrected chi connectivity index (χ0v) is 14.5. The summed E-state index contributed by atoms with van der Waals surface area (Å²) in [4.78, 5) is 14.4. The van der Waals surface area contributed by atoms with E-state index in [0.29, 0.717) is 11.4 Å². The Balaban J connectivity index is 2.25. The van der Waals surface area contributed by atoms with Gasteiger partial charge in [0.05, 0.1) is 11.4 Å². The predicted octanol–water partition coefficient (Wildman–Crippen LogP) is 0.763. The number of hydrogen-bond acceptors (Lipinski definition) is 4. The minimum Gasteiger partial charge on any atom is -0.341 e. The lowest BCUT2D eigenvalue weighted by Crippen LogP contribution is -2.38. The first kappa shape index (κ1) is 17.0. The van der Waals surface area contributed by atoms with Gasteiger partial charge in [-0.05, 0) is 33.1 Å². The van der Waals surface area contributed by atoms with Crippen molar-refractivity contribution in [3.8, 4) is 0 Å². The molecule has 1 aliphatic heterocycles. The Morgan fingerprint density at radius 2 is 1.77 bits per heavy atom. The molecular formula is C14H24N4O3S. The van der Waals surface area contributed by atoms with E-state index in [1.165, 1.54) is 23.1 Å². The minimum atomic E-state index is -3.55. The van der Waals surface area contributed by atoms with Gasteiger partial charge in [-0.1, -0.05) is 0 Å². The first-order chi connectivity index (χ1) is 10.2. The van der Waals surface area contributed by atoms with Gasteiger partial charge in [0.15, 0.2) is 0 Å². The van der Waals surface area contributed by atoms with E-state index in [-0.39, 0.29) is 17.3 Å². The Hall–Kier alpha value is -1.41. The average Bonchev–Trinajstić information content (AvgIpc) is 2.74. The van der Waals surface area contributed by atoms with E-state index in [9.17, 15) is 13.2 Å². The predicted molar refractivity (Wildman–Crippen MR) is 83.0 cm³/mol. The molecule has 22 heavy (non-hydrogen) atoms. The number of carbonyl (C=O) groups excluding carboxylic acids is 1. The Kier molecular flexibility index (Phi) is 4.91. The van der Waals surface area contributed by atoms with Crippen molar-refractivity contribution in [3.63, 3.8) is 0 Å². The van der Waals surface area contributed by atoms with Crippen molar-refractivity contribution in [1.82, 2.24) is 19.0 Å². The molecule has 1 aliphatic rings. The molecule has 0 atom stereocenters. The highest BCUT2D eigenvalue weighted by atomic mass is 32.2. The van der Waals surface area contributed by atoms with Crippen LogP contribution in [-0.2, 0) is 21.4 Å². The van der Waals surface area contributed by atoms with Crippen molar-refractivity contribution >= 4 is 15.9 Å². The molecule has 8 heteroatoms. The second-order valence-corrected chi connectivity index (χ2v) is 7.98. The second kappa shape index (κ2) is 6.37. The van der Waals surface area contributed by atoms with Gasteiger partial charge in [-0.3, -0.25) is 9.48 Å². The molecule has 124 valence electrons. The van der Waals surface area contributed by atoms with Gasteiger partial charge in [0.1, 0.15) is 11.4 Å². The van der Waals surface area contributed by atoms with Crippen LogP contribution in [-0.4, -0.2) is 60.5 Å². The highest BCUT2D eigenvalue weighted by Crippen LogP contribution is 2.22. The SMILES string of the molecule is Cc1nn(CC(=O)N2CCCCC2)c(C)c1S(=O)(=O)N(C)C. The smallest absolute Gasteiger partial charge is 0.246 e. The van der Waals surface area contributed by atoms with E-state index in [2.05, 4.69) is 5.10 Å². The third-order valence-electron chi connectivity index (χ3n) is 4.05. The molecule has 0 radical (unpaired) electrons. The van der Waals surface area contributed by atoms with Gasteiger partial charge in [0.25, 0.3) is 0 Å². The Bertz CT molecular complexity index is 658. The standard InChI is InChI=1S/C14H24N4O3S/c1-11-14(22(20,21)16(3)4)12(2)18(15-11)10-13(19)17-8-6-5-7-9-17/h5-10H2,1-4H3. The number of carbonyl (C=O) groups is 1. The molecule has 1 aromatic heterocycles. The van der Waals surface area contributed by atoms with Crippen molar-refractivity contribution in [2.75, 3.05) is 27.2 Å². The van der Waals surface area contributed by atoms with E-state index in [1.807, 2.05) is 4.90 Å². The molecule has 0 spiro atoms. The monoisotopic (exact) mass is 328 g/mol. The van der Waals surface area contributed by atoms with Crippen LogP contribution in [0.15, 0.2) is 4.90 Å². The van der Waals surface area contributed by atoms with Gasteiger partial charge < -0.3 is 4.90 Å². The molecule has 0 N–H and O–H groups in total. The van der Waals surface area contributed by atoms with Crippen molar-refractivity contribution in [2.24, 2.45) is 0 Å². The number of nitrogens with zero attached hydrogens (tertiary/aromatic N) is 4. The molecule has 1 saturated heterocycles. The summed E-state index contributed by atoms with van der Waals surface area (Å²) in [6, 6.07) is 0. The number of aromatic nitrogens is 2. The van der Waals surface area contributed by atoms with Crippen molar-refractivity contribution < 1.29 is 13.2 Å². The average molecular weight is 328 g/mol. The largest absolute Gasteiger partial charge is 0.341 e. The van der Waals surface area contributed by atoms with Crippen LogP contribution in [0, 0.1) is 13.8 Å². The van der Waals surface area contributed by atoms with Crippen LogP contribution in [0.5, 0.6) is 0 Å². The van der Waals surface area contributed by atoms with Gasteiger partial charge in [0.2, 0.25) is 15.9 Å². The topological polar surface area (TPSA) is 75.5 Å². The number of likely N-dealkylation sites (tertiary alicyclic amines) is 1. The van der Waals surface area contributed by atoms with Crippen LogP contribution in [0.3, 0.4) is 0 Å². The Morgan fingerprint density at radius 1 is 1.18 bits per heavy atom. The highest BCUT2D eigenvalue weighted by Gasteiger charge is 2.27. The fourth-order valence-electron chi connectivity index (χ4n) is 2.76. The first-order valence-electron chi connectivity index (χ1n) is 7.49. The fraction of sp³-hybridized carbons (Fsp3) is 0.714. The number of aryl methyl sites for hydroxylation is 1. The van der Waals surface area contributed by atoms with Crippen LogP contribution in [0.25, 0.3) is 0 Å². The molecule has 2 heterocycles. The third kappa shape index (κ3) is 3.17. The summed E-state index contributed by atoms with van der Waals surface area (Å²) in [7, 11) is -0.572. The van der Waals surface area contributed by atoms with Crippen molar-refractivity contribution in [2.45, 2.75) is 44.6 Å². The maximum atomic E-state index is 12.4. The normalized spacial score (nSPS) is 16.3. The number of piperidine rings is 1. The van der Waals surface area contributed by atoms with Crippen LogP contribution in [0.2, 0.25) is 0 Å². The van der Waals surface area contributed by atoms with Crippen LogP contribution in [0.1, 0.15) is 30.7 Å². The molecule has 7 nitrogen and oxygen atoms in total. The minimum absolute atomic E-state index is 0.000832. The van der Waals surface area contributed by atoms with E-state index in [0.717, 1.165) is 32.4 Å². The number of hydrogen-bond donors (Lipinski definition) is 0. The summed E-state index contributed by atoms with van der Waals surface area (Å²) < 4.78 is 27.4. The Labute approximate surface area is 131 Å². The zero-order chi connectivity index (χ0) is 16.5. The fourth-order valence-corrected chi connectivity index (χ4v) is 4.02. The van der Waals surface area contributed by atoms with Gasteiger partial charge in [-0.15, -0.1) is 0 Å². The van der Waals surface area contributed by atoms with Gasteiger partial charge in [-0.25, -0.2) is 12.7 Å². The first-order valence-corrected chi connectivity index (χ1v) is 8.93. The summed E-state index contributed by atoms with van der Waals surface area (Å²) in [5.74, 6) is -0.000832. The van der Waals surface area contributed by atoms with E-state index in [4.69, 9.17) is 0 Å². The van der Waals surface area contributed by atoms with Gasteiger partial charge in [0, 0.05) is 27.2 Å². The van der Waals surface area contributed by atoms with Crippen molar-refractivity contribution in [3.05, 3.63) is 11.4 Å². The lowest BCUT2D eigenvalue weighted by molar-refractivity contribution is -0.132.